The van der Waals surface area contributed by atoms with Crippen molar-refractivity contribution in [3.8, 4) is 0 Å². The smallest absolute Gasteiger partial charge is 0.368 e. The minimum absolute atomic E-state index is 0.0160. The fourth-order valence-corrected chi connectivity index (χ4v) is 5.97. The van der Waals surface area contributed by atoms with Gasteiger partial charge in [0.15, 0.2) is 0 Å². The Morgan fingerprint density at radius 2 is 1.83 bits per heavy atom. The molecule has 0 aromatic heterocycles. The molecular weight excluding hydrogens is 500 g/mol. The zero-order chi connectivity index (χ0) is 21.6. The number of nitrogens with zero attached hydrogens (tertiary/aromatic N) is 2. The highest BCUT2D eigenvalue weighted by molar-refractivity contribution is 9.10. The molecular formula is C18H16BrClF4N2O2S. The average molecular weight is 516 g/mol. The van der Waals surface area contributed by atoms with Crippen molar-refractivity contribution in [2.45, 2.75) is 24.0 Å². The maximum absolute atomic E-state index is 13.4. The van der Waals surface area contributed by atoms with Gasteiger partial charge in [-0.2, -0.15) is 17.5 Å². The van der Waals surface area contributed by atoms with E-state index < -0.39 is 33.6 Å². The van der Waals surface area contributed by atoms with Gasteiger partial charge >= 0.3 is 6.18 Å². The molecule has 0 spiro atoms. The van der Waals surface area contributed by atoms with Crippen molar-refractivity contribution in [3.63, 3.8) is 0 Å². The van der Waals surface area contributed by atoms with E-state index in [9.17, 15) is 26.0 Å². The van der Waals surface area contributed by atoms with E-state index in [1.807, 2.05) is 0 Å². The Labute approximate surface area is 179 Å². The van der Waals surface area contributed by atoms with Crippen LogP contribution < -0.4 is 4.90 Å². The summed E-state index contributed by atoms with van der Waals surface area (Å²) in [5.41, 5.74) is -1.26. The van der Waals surface area contributed by atoms with Crippen LogP contribution in [-0.4, -0.2) is 38.4 Å². The second kappa shape index (κ2) is 8.05. The first-order valence-corrected chi connectivity index (χ1v) is 11.1. The molecule has 0 N–H and O–H groups in total. The van der Waals surface area contributed by atoms with Crippen LogP contribution in [0, 0.1) is 5.82 Å². The number of hydrogen-bond donors (Lipinski definition) is 0. The molecule has 2 aromatic carbocycles. The molecule has 3 rings (SSSR count). The Morgan fingerprint density at radius 3 is 2.41 bits per heavy atom. The first-order valence-electron chi connectivity index (χ1n) is 8.50. The van der Waals surface area contributed by atoms with E-state index in [0.717, 1.165) is 12.1 Å². The van der Waals surface area contributed by atoms with E-state index >= 15 is 0 Å². The standard InChI is InChI=1S/C18H16BrClF4N2O2S/c1-11-10-25(16-4-3-13(21)9-14(16)18(22,23)24)6-7-26(11)29(27,28)17-5-2-12(19)8-15(17)20/h2-5,8-9,11H,6-7,10H2,1H3/t11-/m1/s1. The Kier molecular flexibility index (Phi) is 6.20. The Morgan fingerprint density at radius 1 is 1.14 bits per heavy atom. The zero-order valence-corrected chi connectivity index (χ0v) is 18.2. The van der Waals surface area contributed by atoms with Gasteiger partial charge in [0.25, 0.3) is 0 Å². The van der Waals surface area contributed by atoms with Crippen LogP contribution in [0.15, 0.2) is 45.8 Å². The van der Waals surface area contributed by atoms with E-state index in [1.54, 1.807) is 13.0 Å². The highest BCUT2D eigenvalue weighted by Crippen LogP contribution is 2.38. The van der Waals surface area contributed by atoms with Gasteiger partial charge in [-0.3, -0.25) is 0 Å². The molecule has 2 aromatic rings. The largest absolute Gasteiger partial charge is 0.418 e. The highest BCUT2D eigenvalue weighted by atomic mass is 79.9. The molecule has 4 nitrogen and oxygen atoms in total. The molecule has 1 heterocycles. The molecule has 0 bridgehead atoms. The fourth-order valence-electron chi connectivity index (χ4n) is 3.34. The molecule has 0 unspecified atom stereocenters. The van der Waals surface area contributed by atoms with Crippen molar-refractivity contribution in [1.29, 1.82) is 0 Å². The summed E-state index contributed by atoms with van der Waals surface area (Å²) in [6.07, 6.45) is -4.73. The lowest BCUT2D eigenvalue weighted by molar-refractivity contribution is -0.137. The molecule has 1 aliphatic heterocycles. The molecule has 0 amide bonds. The number of piperazine rings is 1. The predicted molar refractivity (Wildman–Crippen MR) is 106 cm³/mol. The first kappa shape index (κ1) is 22.3. The van der Waals surface area contributed by atoms with Gasteiger partial charge in [0.1, 0.15) is 10.7 Å². The summed E-state index contributed by atoms with van der Waals surface area (Å²) in [6, 6.07) is 6.24. The van der Waals surface area contributed by atoms with Crippen molar-refractivity contribution in [2.75, 3.05) is 24.5 Å². The third-order valence-electron chi connectivity index (χ3n) is 4.65. The maximum Gasteiger partial charge on any atom is 0.418 e. The Bertz CT molecular complexity index is 1030. The lowest BCUT2D eigenvalue weighted by Gasteiger charge is -2.40. The molecule has 0 saturated carbocycles. The molecule has 1 fully saturated rings. The summed E-state index contributed by atoms with van der Waals surface area (Å²) in [5, 5.41) is 0.0481. The van der Waals surface area contributed by atoms with Crippen LogP contribution >= 0.6 is 27.5 Å². The van der Waals surface area contributed by atoms with Crippen molar-refractivity contribution < 1.29 is 26.0 Å². The number of alkyl halides is 3. The third kappa shape index (κ3) is 4.55. The quantitative estimate of drug-likeness (QED) is 0.530. The summed E-state index contributed by atoms with van der Waals surface area (Å²) in [5.74, 6) is -0.986. The minimum atomic E-state index is -4.73. The van der Waals surface area contributed by atoms with Gasteiger partial charge in [-0.15, -0.1) is 0 Å². The van der Waals surface area contributed by atoms with Gasteiger partial charge in [-0.1, -0.05) is 27.5 Å². The number of benzene rings is 2. The van der Waals surface area contributed by atoms with Gasteiger partial charge in [0, 0.05) is 35.8 Å². The Balaban J connectivity index is 1.89. The molecule has 1 atom stereocenters. The van der Waals surface area contributed by atoms with Gasteiger partial charge in [-0.25, -0.2) is 12.8 Å². The first-order chi connectivity index (χ1) is 13.4. The number of halogens is 6. The maximum atomic E-state index is 13.4. The van der Waals surface area contributed by atoms with Crippen molar-refractivity contribution in [3.05, 3.63) is 57.3 Å². The monoisotopic (exact) mass is 514 g/mol. The normalized spacial score (nSPS) is 18.9. The van der Waals surface area contributed by atoms with Crippen LogP contribution in [0.2, 0.25) is 5.02 Å². The second-order valence-corrected chi connectivity index (χ2v) is 9.83. The second-order valence-electron chi connectivity index (χ2n) is 6.64. The zero-order valence-electron chi connectivity index (χ0n) is 15.0. The molecule has 0 radical (unpaired) electrons. The van der Waals surface area contributed by atoms with E-state index in [4.69, 9.17) is 11.6 Å². The topological polar surface area (TPSA) is 40.6 Å². The van der Waals surface area contributed by atoms with Crippen molar-refractivity contribution >= 4 is 43.2 Å². The molecule has 1 aliphatic rings. The summed E-state index contributed by atoms with van der Waals surface area (Å²) in [4.78, 5) is 1.35. The molecule has 158 valence electrons. The summed E-state index contributed by atoms with van der Waals surface area (Å²) in [6.45, 7) is 1.60. The number of anilines is 1. The van der Waals surface area contributed by atoms with E-state index in [-0.39, 0.29) is 35.2 Å². The minimum Gasteiger partial charge on any atom is -0.368 e. The van der Waals surface area contributed by atoms with Crippen molar-refractivity contribution in [1.82, 2.24) is 4.31 Å². The van der Waals surface area contributed by atoms with Crippen LogP contribution in [0.1, 0.15) is 12.5 Å². The predicted octanol–water partition coefficient (Wildman–Crippen LogP) is 5.16. The molecule has 0 aliphatic carbocycles. The van der Waals surface area contributed by atoms with Gasteiger partial charge in [0.2, 0.25) is 10.0 Å². The van der Waals surface area contributed by atoms with Crippen LogP contribution in [-0.2, 0) is 16.2 Å². The number of sulfonamides is 1. The van der Waals surface area contributed by atoms with E-state index in [1.165, 1.54) is 21.3 Å². The average Bonchev–Trinajstić information content (AvgIpc) is 2.60. The molecule has 11 heteroatoms. The third-order valence-corrected chi connectivity index (χ3v) is 7.64. The SMILES string of the molecule is C[C@@H]1CN(c2ccc(F)cc2C(F)(F)F)CCN1S(=O)(=O)c1ccc(Br)cc1Cl. The van der Waals surface area contributed by atoms with Gasteiger partial charge < -0.3 is 4.90 Å². The molecule has 29 heavy (non-hydrogen) atoms. The fraction of sp³-hybridized carbons (Fsp3) is 0.333. The van der Waals surface area contributed by atoms with Crippen LogP contribution in [0.3, 0.4) is 0 Å². The summed E-state index contributed by atoms with van der Waals surface area (Å²) >= 11 is 9.30. The summed E-state index contributed by atoms with van der Waals surface area (Å²) in [7, 11) is -3.94. The highest BCUT2D eigenvalue weighted by Gasteiger charge is 2.39. The van der Waals surface area contributed by atoms with E-state index in [2.05, 4.69) is 15.9 Å². The van der Waals surface area contributed by atoms with Gasteiger partial charge in [-0.05, 0) is 43.3 Å². The van der Waals surface area contributed by atoms with Crippen LogP contribution in [0.5, 0.6) is 0 Å². The van der Waals surface area contributed by atoms with Crippen LogP contribution in [0.25, 0.3) is 0 Å². The summed E-state index contributed by atoms with van der Waals surface area (Å²) < 4.78 is 81.2. The van der Waals surface area contributed by atoms with Crippen LogP contribution in [0.4, 0.5) is 23.2 Å². The van der Waals surface area contributed by atoms with E-state index in [0.29, 0.717) is 10.5 Å². The van der Waals surface area contributed by atoms with Gasteiger partial charge in [0.05, 0.1) is 10.6 Å². The number of rotatable bonds is 3. The number of hydrogen-bond acceptors (Lipinski definition) is 3. The lowest BCUT2D eigenvalue weighted by atomic mass is 10.1. The van der Waals surface area contributed by atoms with Crippen molar-refractivity contribution in [2.24, 2.45) is 0 Å². The lowest BCUT2D eigenvalue weighted by Crippen LogP contribution is -2.54. The Hall–Kier alpha value is -1.36. The molecule has 1 saturated heterocycles.